The summed E-state index contributed by atoms with van der Waals surface area (Å²) in [4.78, 5) is 25.5. The Morgan fingerprint density at radius 1 is 1.21 bits per heavy atom. The van der Waals surface area contributed by atoms with E-state index in [4.69, 9.17) is 16.3 Å². The fourth-order valence-corrected chi connectivity index (χ4v) is 3.64. The lowest BCUT2D eigenvalue weighted by atomic mass is 10.1. The zero-order valence-electron chi connectivity index (χ0n) is 16.2. The SMILES string of the molecule is CCCCOC(=O)Cc1c(C)n(C(=O)c2ccc(Br)cc2)c2cc(Cl)c(O)cc12. The first-order valence-corrected chi connectivity index (χ1v) is 10.5. The van der Waals surface area contributed by atoms with Gasteiger partial charge in [-0.2, -0.15) is 0 Å². The van der Waals surface area contributed by atoms with Crippen molar-refractivity contribution >= 4 is 50.3 Å². The Balaban J connectivity index is 2.09. The molecule has 7 heteroatoms. The van der Waals surface area contributed by atoms with Gasteiger partial charge in [-0.3, -0.25) is 14.2 Å². The van der Waals surface area contributed by atoms with E-state index in [2.05, 4.69) is 15.9 Å². The van der Waals surface area contributed by atoms with Gasteiger partial charge in [0.2, 0.25) is 0 Å². The number of phenols is 1. The van der Waals surface area contributed by atoms with Crippen molar-refractivity contribution in [1.29, 1.82) is 0 Å². The van der Waals surface area contributed by atoms with Crippen molar-refractivity contribution < 1.29 is 19.4 Å². The van der Waals surface area contributed by atoms with E-state index in [1.807, 2.05) is 6.92 Å². The summed E-state index contributed by atoms with van der Waals surface area (Å²) in [6, 6.07) is 10.1. The van der Waals surface area contributed by atoms with Crippen LogP contribution in [0.4, 0.5) is 0 Å². The Bertz CT molecular complexity index is 1070. The normalized spacial score (nSPS) is 11.0. The van der Waals surface area contributed by atoms with Gasteiger partial charge in [0.25, 0.3) is 5.91 Å². The van der Waals surface area contributed by atoms with Crippen LogP contribution < -0.4 is 0 Å². The van der Waals surface area contributed by atoms with Crippen LogP contribution >= 0.6 is 27.5 Å². The number of halogens is 2. The van der Waals surface area contributed by atoms with Crippen LogP contribution in [0.1, 0.15) is 41.4 Å². The molecule has 0 saturated carbocycles. The lowest BCUT2D eigenvalue weighted by molar-refractivity contribution is -0.142. The van der Waals surface area contributed by atoms with Crippen molar-refractivity contribution in [2.24, 2.45) is 0 Å². The molecule has 0 spiro atoms. The van der Waals surface area contributed by atoms with Gasteiger partial charge >= 0.3 is 5.97 Å². The molecule has 3 aromatic rings. The minimum Gasteiger partial charge on any atom is -0.506 e. The predicted molar refractivity (Wildman–Crippen MR) is 117 cm³/mol. The van der Waals surface area contributed by atoms with Crippen LogP contribution in [0.25, 0.3) is 10.9 Å². The summed E-state index contributed by atoms with van der Waals surface area (Å²) in [6.07, 6.45) is 1.73. The van der Waals surface area contributed by atoms with Gasteiger partial charge in [-0.1, -0.05) is 40.9 Å². The van der Waals surface area contributed by atoms with Crippen LogP contribution in [-0.4, -0.2) is 28.2 Å². The van der Waals surface area contributed by atoms with Gasteiger partial charge in [0.1, 0.15) is 5.75 Å². The lowest BCUT2D eigenvalue weighted by Gasteiger charge is -2.08. The van der Waals surface area contributed by atoms with E-state index >= 15 is 0 Å². The lowest BCUT2D eigenvalue weighted by Crippen LogP contribution is -2.14. The second kappa shape index (κ2) is 9.01. The minimum absolute atomic E-state index is 0.00768. The molecule has 0 aliphatic rings. The van der Waals surface area contributed by atoms with Crippen LogP contribution in [0.15, 0.2) is 40.9 Å². The van der Waals surface area contributed by atoms with Gasteiger partial charge in [0.15, 0.2) is 0 Å². The third-order valence-corrected chi connectivity index (χ3v) is 5.61. The minimum atomic E-state index is -0.369. The summed E-state index contributed by atoms with van der Waals surface area (Å²) in [5, 5.41) is 10.8. The maximum atomic E-state index is 13.2. The topological polar surface area (TPSA) is 68.5 Å². The average Bonchev–Trinajstić information content (AvgIpc) is 2.93. The molecular weight excluding hydrogens is 458 g/mol. The van der Waals surface area contributed by atoms with Gasteiger partial charge in [-0.25, -0.2) is 0 Å². The van der Waals surface area contributed by atoms with E-state index in [9.17, 15) is 14.7 Å². The average molecular weight is 479 g/mol. The number of fused-ring (bicyclic) bond motifs is 1. The molecule has 0 fully saturated rings. The first-order valence-electron chi connectivity index (χ1n) is 9.31. The van der Waals surface area contributed by atoms with Gasteiger partial charge in [0, 0.05) is 21.1 Å². The fraction of sp³-hybridized carbons (Fsp3) is 0.273. The van der Waals surface area contributed by atoms with Gasteiger partial charge in [-0.05, 0) is 55.3 Å². The monoisotopic (exact) mass is 477 g/mol. The van der Waals surface area contributed by atoms with Crippen molar-refractivity contribution in [1.82, 2.24) is 4.57 Å². The van der Waals surface area contributed by atoms with Crippen molar-refractivity contribution in [3.8, 4) is 5.75 Å². The van der Waals surface area contributed by atoms with Crippen LogP contribution in [-0.2, 0) is 16.0 Å². The third kappa shape index (κ3) is 4.49. The fourth-order valence-electron chi connectivity index (χ4n) is 3.22. The molecule has 0 bridgehead atoms. The highest BCUT2D eigenvalue weighted by molar-refractivity contribution is 9.10. The summed E-state index contributed by atoms with van der Waals surface area (Å²) in [7, 11) is 0. The Morgan fingerprint density at radius 2 is 1.90 bits per heavy atom. The van der Waals surface area contributed by atoms with Crippen LogP contribution in [0.3, 0.4) is 0 Å². The molecule has 0 aliphatic carbocycles. The van der Waals surface area contributed by atoms with E-state index in [0.29, 0.717) is 34.3 Å². The third-order valence-electron chi connectivity index (χ3n) is 4.78. The highest BCUT2D eigenvalue weighted by Gasteiger charge is 2.23. The van der Waals surface area contributed by atoms with Gasteiger partial charge in [0.05, 0.1) is 23.6 Å². The van der Waals surface area contributed by atoms with Crippen LogP contribution in [0, 0.1) is 6.92 Å². The molecule has 1 N–H and O–H groups in total. The standard InChI is InChI=1S/C22H21BrClNO4/c1-3-4-9-29-21(27)11-16-13(2)25(19-12-18(24)20(26)10-17(16)19)22(28)14-5-7-15(23)8-6-14/h5-8,10,12,26H,3-4,9,11H2,1-2H3. The van der Waals surface area contributed by atoms with Gasteiger partial charge in [-0.15, -0.1) is 0 Å². The molecule has 5 nitrogen and oxygen atoms in total. The Labute approximate surface area is 182 Å². The molecule has 0 amide bonds. The second-order valence-electron chi connectivity index (χ2n) is 6.78. The zero-order valence-corrected chi connectivity index (χ0v) is 18.5. The molecule has 0 radical (unpaired) electrons. The van der Waals surface area contributed by atoms with Crippen LogP contribution in [0.2, 0.25) is 5.02 Å². The summed E-state index contributed by atoms with van der Waals surface area (Å²) < 4.78 is 7.68. The molecule has 0 atom stereocenters. The predicted octanol–water partition coefficient (Wildman–Crippen LogP) is 5.65. The quantitative estimate of drug-likeness (QED) is 0.367. The van der Waals surface area contributed by atoms with E-state index < -0.39 is 0 Å². The van der Waals surface area contributed by atoms with Crippen molar-refractivity contribution in [2.75, 3.05) is 6.61 Å². The molecule has 1 heterocycles. The summed E-state index contributed by atoms with van der Waals surface area (Å²) >= 11 is 9.48. The summed E-state index contributed by atoms with van der Waals surface area (Å²) in [5.41, 5.74) is 2.28. The van der Waals surface area contributed by atoms with Gasteiger partial charge < -0.3 is 9.84 Å². The molecule has 2 aromatic carbocycles. The molecule has 0 unspecified atom stereocenters. The van der Waals surface area contributed by atoms with Crippen molar-refractivity contribution in [2.45, 2.75) is 33.1 Å². The number of unbranched alkanes of at least 4 members (excludes halogenated alkanes) is 1. The van der Waals surface area contributed by atoms with E-state index in [1.165, 1.54) is 10.6 Å². The van der Waals surface area contributed by atoms with Crippen molar-refractivity contribution in [3.63, 3.8) is 0 Å². The number of rotatable bonds is 6. The maximum absolute atomic E-state index is 13.2. The van der Waals surface area contributed by atoms with E-state index in [1.54, 1.807) is 37.3 Å². The maximum Gasteiger partial charge on any atom is 0.310 e. The first-order chi connectivity index (χ1) is 13.8. The van der Waals surface area contributed by atoms with E-state index in [-0.39, 0.29) is 29.1 Å². The second-order valence-corrected chi connectivity index (χ2v) is 8.11. The number of benzene rings is 2. The number of aromatic hydroxyl groups is 1. The summed E-state index contributed by atoms with van der Waals surface area (Å²) in [6.45, 7) is 4.16. The molecule has 3 rings (SSSR count). The molecule has 152 valence electrons. The number of esters is 1. The number of aromatic nitrogens is 1. The highest BCUT2D eigenvalue weighted by atomic mass is 79.9. The number of carbonyl (C=O) groups excluding carboxylic acids is 2. The molecular formula is C22H21BrClNO4. The number of nitrogens with zero attached hydrogens (tertiary/aromatic N) is 1. The largest absolute Gasteiger partial charge is 0.506 e. The van der Waals surface area contributed by atoms with Crippen molar-refractivity contribution in [3.05, 3.63) is 62.7 Å². The van der Waals surface area contributed by atoms with Crippen LogP contribution in [0.5, 0.6) is 5.75 Å². The number of hydrogen-bond acceptors (Lipinski definition) is 4. The number of phenolic OH excluding ortho intramolecular Hbond substituents is 1. The number of ether oxygens (including phenoxy) is 1. The zero-order chi connectivity index (χ0) is 21.1. The van der Waals surface area contributed by atoms with E-state index in [0.717, 1.165) is 17.3 Å². The molecule has 0 aliphatic heterocycles. The first kappa shape index (κ1) is 21.4. The summed E-state index contributed by atoms with van der Waals surface area (Å²) in [5.74, 6) is -0.716. The Hall–Kier alpha value is -2.31. The Kier molecular flexibility index (Phi) is 6.65. The highest BCUT2D eigenvalue weighted by Crippen LogP contribution is 2.35. The number of hydrogen-bond donors (Lipinski definition) is 1. The molecule has 29 heavy (non-hydrogen) atoms. The number of carbonyl (C=O) groups is 2. The molecule has 0 saturated heterocycles. The smallest absolute Gasteiger partial charge is 0.310 e. The molecule has 1 aromatic heterocycles. The Morgan fingerprint density at radius 3 is 2.55 bits per heavy atom.